The summed E-state index contributed by atoms with van der Waals surface area (Å²) in [6, 6.07) is 9.76. The van der Waals surface area contributed by atoms with E-state index < -0.39 is 0 Å². The fourth-order valence-electron chi connectivity index (χ4n) is 4.34. The highest BCUT2D eigenvalue weighted by atomic mass is 32.2. The fourth-order valence-corrected chi connectivity index (χ4v) is 7.01. The topological polar surface area (TPSA) is 53.8 Å². The van der Waals surface area contributed by atoms with Crippen molar-refractivity contribution >= 4 is 46.3 Å². The van der Waals surface area contributed by atoms with Crippen molar-refractivity contribution in [2.45, 2.75) is 43.9 Å². The monoisotopic (exact) mass is 446 g/mol. The van der Waals surface area contributed by atoms with Crippen LogP contribution in [0.25, 0.3) is 11.0 Å². The van der Waals surface area contributed by atoms with E-state index >= 15 is 0 Å². The average molecular weight is 447 g/mol. The van der Waals surface area contributed by atoms with Gasteiger partial charge in [0.1, 0.15) is 5.58 Å². The lowest BCUT2D eigenvalue weighted by Crippen LogP contribution is -2.49. The van der Waals surface area contributed by atoms with Gasteiger partial charge in [0.2, 0.25) is 5.91 Å². The second-order valence-corrected chi connectivity index (χ2v) is 10.6. The van der Waals surface area contributed by atoms with E-state index in [2.05, 4.69) is 11.8 Å². The minimum Gasteiger partial charge on any atom is -0.451 e. The maximum absolute atomic E-state index is 13.0. The number of nitrogens with zero attached hydrogens (tertiary/aromatic N) is 2. The molecule has 0 bridgehead atoms. The molecule has 4 rings (SSSR count). The molecule has 2 aliphatic rings. The molecule has 5 nitrogen and oxygen atoms in total. The Morgan fingerprint density at radius 1 is 1.20 bits per heavy atom. The molecular formula is C23H30N2O3S2. The van der Waals surface area contributed by atoms with Crippen molar-refractivity contribution in [3.05, 3.63) is 36.1 Å². The second kappa shape index (κ2) is 10.1. The molecule has 1 unspecified atom stereocenters. The summed E-state index contributed by atoms with van der Waals surface area (Å²) in [7, 11) is 0. The van der Waals surface area contributed by atoms with Gasteiger partial charge in [0.15, 0.2) is 5.76 Å². The average Bonchev–Trinajstić information content (AvgIpc) is 3.22. The number of piperidine rings is 1. The smallest absolute Gasteiger partial charge is 0.289 e. The first kappa shape index (κ1) is 21.6. The zero-order valence-corrected chi connectivity index (χ0v) is 19.2. The number of benzene rings is 1. The lowest BCUT2D eigenvalue weighted by atomic mass is 10.0. The van der Waals surface area contributed by atoms with Gasteiger partial charge in [-0.1, -0.05) is 25.1 Å². The second-order valence-electron chi connectivity index (χ2n) is 8.03. The zero-order valence-electron chi connectivity index (χ0n) is 17.5. The summed E-state index contributed by atoms with van der Waals surface area (Å²) in [6.45, 7) is 4.28. The molecule has 162 valence electrons. The lowest BCUT2D eigenvalue weighted by molar-refractivity contribution is -0.134. The molecule has 1 atom stereocenters. The van der Waals surface area contributed by atoms with E-state index in [0.29, 0.717) is 36.4 Å². The Morgan fingerprint density at radius 3 is 2.70 bits per heavy atom. The predicted octanol–water partition coefficient (Wildman–Crippen LogP) is 4.51. The van der Waals surface area contributed by atoms with Crippen molar-refractivity contribution in [2.75, 3.05) is 36.9 Å². The summed E-state index contributed by atoms with van der Waals surface area (Å²) < 4.78 is 5.76. The maximum Gasteiger partial charge on any atom is 0.289 e. The first-order valence-corrected chi connectivity index (χ1v) is 13.1. The number of thioether (sulfide) groups is 2. The Balaban J connectivity index is 1.35. The van der Waals surface area contributed by atoms with Crippen LogP contribution in [0.3, 0.4) is 0 Å². The first-order valence-electron chi connectivity index (χ1n) is 10.9. The van der Waals surface area contributed by atoms with E-state index in [1.807, 2.05) is 58.8 Å². The SMILES string of the molecule is CCCN(C(=O)CC1CSCCS1)C1CCN(C(=O)c2cc3ccccc3o2)CC1. The molecule has 3 heterocycles. The molecule has 2 saturated heterocycles. The number of carbonyl (C=O) groups is 2. The molecule has 1 aromatic heterocycles. The van der Waals surface area contributed by atoms with E-state index in [4.69, 9.17) is 4.42 Å². The molecule has 7 heteroatoms. The van der Waals surface area contributed by atoms with Gasteiger partial charge in [-0.15, -0.1) is 0 Å². The van der Waals surface area contributed by atoms with Gasteiger partial charge in [-0.2, -0.15) is 23.5 Å². The van der Waals surface area contributed by atoms with Gasteiger partial charge in [0, 0.05) is 60.0 Å². The number of amides is 2. The van der Waals surface area contributed by atoms with Crippen LogP contribution in [0, 0.1) is 0 Å². The van der Waals surface area contributed by atoms with E-state index in [1.54, 1.807) is 0 Å². The van der Waals surface area contributed by atoms with Crippen LogP contribution in [0.15, 0.2) is 34.7 Å². The standard InChI is InChI=1S/C23H30N2O3S2/c1-2-9-25(22(26)15-19-16-29-12-13-30-19)18-7-10-24(11-8-18)23(27)21-14-17-5-3-4-6-20(17)28-21/h3-6,14,18-19H,2,7-13,15-16H2,1H3. The number of rotatable bonds is 6. The molecule has 0 saturated carbocycles. The van der Waals surface area contributed by atoms with Gasteiger partial charge < -0.3 is 14.2 Å². The van der Waals surface area contributed by atoms with E-state index in [1.165, 1.54) is 5.75 Å². The highest BCUT2D eigenvalue weighted by molar-refractivity contribution is 8.06. The van der Waals surface area contributed by atoms with Gasteiger partial charge in [0.05, 0.1) is 0 Å². The minimum absolute atomic E-state index is 0.0475. The first-order chi connectivity index (χ1) is 14.7. The summed E-state index contributed by atoms with van der Waals surface area (Å²) in [6.07, 6.45) is 3.29. The van der Waals surface area contributed by atoms with Crippen LogP contribution in [-0.4, -0.2) is 69.8 Å². The largest absolute Gasteiger partial charge is 0.451 e. The van der Waals surface area contributed by atoms with Crippen LogP contribution in [-0.2, 0) is 4.79 Å². The Hall–Kier alpha value is -1.60. The highest BCUT2D eigenvalue weighted by Gasteiger charge is 2.31. The number of hydrogen-bond donors (Lipinski definition) is 0. The maximum atomic E-state index is 13.0. The lowest BCUT2D eigenvalue weighted by Gasteiger charge is -2.39. The molecule has 2 fully saturated rings. The van der Waals surface area contributed by atoms with Crippen molar-refractivity contribution in [1.82, 2.24) is 9.80 Å². The Bertz CT molecular complexity index is 837. The molecule has 2 aliphatic heterocycles. The van der Waals surface area contributed by atoms with E-state index in [-0.39, 0.29) is 11.9 Å². The highest BCUT2D eigenvalue weighted by Crippen LogP contribution is 2.28. The van der Waals surface area contributed by atoms with Crippen molar-refractivity contribution < 1.29 is 14.0 Å². The molecule has 0 radical (unpaired) electrons. The molecule has 0 aliphatic carbocycles. The number of fused-ring (bicyclic) bond motifs is 1. The molecule has 2 amide bonds. The molecular weight excluding hydrogens is 416 g/mol. The Morgan fingerprint density at radius 2 is 2.00 bits per heavy atom. The third-order valence-corrected chi connectivity index (χ3v) is 8.75. The third kappa shape index (κ3) is 4.99. The summed E-state index contributed by atoms with van der Waals surface area (Å²) >= 11 is 3.91. The molecule has 0 N–H and O–H groups in total. The van der Waals surface area contributed by atoms with Crippen molar-refractivity contribution in [3.8, 4) is 0 Å². The number of hydrogen-bond acceptors (Lipinski definition) is 5. The zero-order chi connectivity index (χ0) is 20.9. The van der Waals surface area contributed by atoms with E-state index in [0.717, 1.165) is 48.3 Å². The number of para-hydroxylation sites is 1. The third-order valence-electron chi connectivity index (χ3n) is 5.90. The van der Waals surface area contributed by atoms with Gasteiger partial charge in [-0.3, -0.25) is 9.59 Å². The summed E-state index contributed by atoms with van der Waals surface area (Å²) in [5, 5.41) is 1.40. The van der Waals surface area contributed by atoms with Gasteiger partial charge in [-0.05, 0) is 31.4 Å². The molecule has 2 aromatic rings. The normalized spacial score (nSPS) is 20.4. The number of carbonyl (C=O) groups excluding carboxylic acids is 2. The van der Waals surface area contributed by atoms with Crippen LogP contribution in [0.2, 0.25) is 0 Å². The van der Waals surface area contributed by atoms with E-state index in [9.17, 15) is 9.59 Å². The fraction of sp³-hybridized carbons (Fsp3) is 0.565. The van der Waals surface area contributed by atoms with Gasteiger partial charge in [0.25, 0.3) is 5.91 Å². The Kier molecular flexibility index (Phi) is 7.31. The minimum atomic E-state index is -0.0475. The van der Waals surface area contributed by atoms with Gasteiger partial charge in [-0.25, -0.2) is 0 Å². The van der Waals surface area contributed by atoms with Crippen LogP contribution in [0.1, 0.15) is 43.2 Å². The van der Waals surface area contributed by atoms with Crippen molar-refractivity contribution in [2.24, 2.45) is 0 Å². The quantitative estimate of drug-likeness (QED) is 0.653. The predicted molar refractivity (Wildman–Crippen MR) is 125 cm³/mol. The molecule has 0 spiro atoms. The van der Waals surface area contributed by atoms with Crippen molar-refractivity contribution in [1.29, 1.82) is 0 Å². The molecule has 1 aromatic carbocycles. The number of furan rings is 1. The summed E-state index contributed by atoms with van der Waals surface area (Å²) in [4.78, 5) is 29.9. The summed E-state index contributed by atoms with van der Waals surface area (Å²) in [5.74, 6) is 4.08. The molecule has 30 heavy (non-hydrogen) atoms. The number of likely N-dealkylation sites (tertiary alicyclic amines) is 1. The van der Waals surface area contributed by atoms with Gasteiger partial charge >= 0.3 is 0 Å². The summed E-state index contributed by atoms with van der Waals surface area (Å²) in [5.41, 5.74) is 0.745. The van der Waals surface area contributed by atoms with Crippen LogP contribution in [0.4, 0.5) is 0 Å². The van der Waals surface area contributed by atoms with Crippen LogP contribution >= 0.6 is 23.5 Å². The van der Waals surface area contributed by atoms with Crippen LogP contribution in [0.5, 0.6) is 0 Å². The Labute approximate surface area is 186 Å². The van der Waals surface area contributed by atoms with Crippen molar-refractivity contribution in [3.63, 3.8) is 0 Å². The van der Waals surface area contributed by atoms with Crippen LogP contribution < -0.4 is 0 Å².